The summed E-state index contributed by atoms with van der Waals surface area (Å²) >= 11 is 0. The van der Waals surface area contributed by atoms with Crippen molar-refractivity contribution in [2.45, 2.75) is 44.4 Å². The largest absolute Gasteiger partial charge is 0.337 e. The number of carbonyl (C=O) groups is 1. The molecule has 0 aromatic heterocycles. The average molecular weight is 276 g/mol. The summed E-state index contributed by atoms with van der Waals surface area (Å²) in [4.78, 5) is 14.2. The van der Waals surface area contributed by atoms with Crippen LogP contribution in [0.5, 0.6) is 0 Å². The Morgan fingerprint density at radius 2 is 2.06 bits per heavy atom. The quantitative estimate of drug-likeness (QED) is 0.807. The van der Waals surface area contributed by atoms with E-state index in [4.69, 9.17) is 0 Å². The number of likely N-dealkylation sites (N-methyl/N-ethyl adjacent to an activating group) is 1. The summed E-state index contributed by atoms with van der Waals surface area (Å²) in [5.41, 5.74) is 0. The second-order valence-corrected chi connectivity index (χ2v) is 7.94. The van der Waals surface area contributed by atoms with Crippen LogP contribution in [0.2, 0.25) is 0 Å². The van der Waals surface area contributed by atoms with Gasteiger partial charge in [-0.2, -0.15) is 0 Å². The molecule has 18 heavy (non-hydrogen) atoms. The Morgan fingerprint density at radius 3 is 2.44 bits per heavy atom. The van der Waals surface area contributed by atoms with Crippen molar-refractivity contribution in [3.8, 4) is 0 Å². The van der Waals surface area contributed by atoms with Crippen molar-refractivity contribution in [2.75, 3.05) is 25.9 Å². The number of carbonyl (C=O) groups excluding carboxylic acids is 1. The van der Waals surface area contributed by atoms with E-state index >= 15 is 0 Å². The highest BCUT2D eigenvalue weighted by Gasteiger charge is 2.42. The molecule has 1 aliphatic heterocycles. The highest BCUT2D eigenvalue weighted by molar-refractivity contribution is 7.92. The first kappa shape index (κ1) is 15.4. The number of rotatable bonds is 4. The van der Waals surface area contributed by atoms with Crippen LogP contribution in [0, 0.1) is 0 Å². The van der Waals surface area contributed by atoms with Crippen LogP contribution in [-0.4, -0.2) is 55.9 Å². The van der Waals surface area contributed by atoms with Gasteiger partial charge in [0.2, 0.25) is 5.91 Å². The lowest BCUT2D eigenvalue weighted by Gasteiger charge is -2.38. The van der Waals surface area contributed by atoms with Crippen molar-refractivity contribution >= 4 is 15.7 Å². The zero-order valence-electron chi connectivity index (χ0n) is 11.7. The fraction of sp³-hybridized carbons (Fsp3) is 0.917. The van der Waals surface area contributed by atoms with Crippen LogP contribution >= 0.6 is 0 Å². The maximum atomic E-state index is 12.5. The van der Waals surface area contributed by atoms with Crippen LogP contribution in [0.25, 0.3) is 0 Å². The Kier molecular flexibility index (Phi) is 4.78. The summed E-state index contributed by atoms with van der Waals surface area (Å²) in [5.74, 6) is -0.291. The number of sulfone groups is 1. The molecule has 1 N–H and O–H groups in total. The molecule has 1 atom stereocenters. The maximum Gasteiger partial charge on any atom is 0.243 e. The topological polar surface area (TPSA) is 66.5 Å². The summed E-state index contributed by atoms with van der Waals surface area (Å²) in [6, 6.07) is 0.109. The lowest BCUT2D eigenvalue weighted by molar-refractivity contribution is -0.135. The number of piperidine rings is 1. The monoisotopic (exact) mass is 276 g/mol. The van der Waals surface area contributed by atoms with Crippen LogP contribution in [0.1, 0.15) is 33.6 Å². The third-order valence-corrected chi connectivity index (χ3v) is 5.78. The van der Waals surface area contributed by atoms with E-state index in [-0.39, 0.29) is 11.9 Å². The van der Waals surface area contributed by atoms with E-state index in [1.807, 2.05) is 6.92 Å². The molecule has 1 aliphatic rings. The van der Waals surface area contributed by atoms with E-state index in [9.17, 15) is 13.2 Å². The molecular weight excluding hydrogens is 252 g/mol. The summed E-state index contributed by atoms with van der Waals surface area (Å²) in [7, 11) is -3.41. The third kappa shape index (κ3) is 3.03. The van der Waals surface area contributed by atoms with Gasteiger partial charge < -0.3 is 10.2 Å². The Morgan fingerprint density at radius 1 is 1.44 bits per heavy atom. The molecule has 0 saturated carbocycles. The zero-order chi connectivity index (χ0) is 14.0. The van der Waals surface area contributed by atoms with E-state index in [2.05, 4.69) is 5.32 Å². The highest BCUT2D eigenvalue weighted by atomic mass is 32.2. The van der Waals surface area contributed by atoms with Crippen LogP contribution in [0.3, 0.4) is 0 Å². The molecular formula is C12H24N2O3S. The molecule has 1 fully saturated rings. The Balaban J connectivity index is 2.91. The smallest absolute Gasteiger partial charge is 0.243 e. The Labute approximate surface area is 110 Å². The molecule has 1 heterocycles. The van der Waals surface area contributed by atoms with Crippen molar-refractivity contribution in [3.63, 3.8) is 0 Å². The molecule has 0 bridgehead atoms. The third-order valence-electron chi connectivity index (χ3n) is 3.76. The number of amides is 1. The molecule has 0 aliphatic carbocycles. The van der Waals surface area contributed by atoms with Crippen molar-refractivity contribution in [3.05, 3.63) is 0 Å². The fourth-order valence-electron chi connectivity index (χ4n) is 2.17. The molecule has 1 saturated heterocycles. The second-order valence-electron chi connectivity index (χ2n) is 5.37. The van der Waals surface area contributed by atoms with Gasteiger partial charge in [0.05, 0.1) is 0 Å². The van der Waals surface area contributed by atoms with Crippen molar-refractivity contribution in [1.29, 1.82) is 0 Å². The van der Waals surface area contributed by atoms with E-state index in [0.29, 0.717) is 6.54 Å². The number of hydrogen-bond donors (Lipinski definition) is 1. The van der Waals surface area contributed by atoms with Crippen LogP contribution < -0.4 is 5.32 Å². The van der Waals surface area contributed by atoms with E-state index in [1.54, 1.807) is 4.90 Å². The van der Waals surface area contributed by atoms with E-state index < -0.39 is 14.6 Å². The normalized spacial score (nSPS) is 21.7. The molecule has 1 rings (SSSR count). The summed E-state index contributed by atoms with van der Waals surface area (Å²) in [6.45, 7) is 7.14. The van der Waals surface area contributed by atoms with E-state index in [1.165, 1.54) is 13.8 Å². The van der Waals surface area contributed by atoms with Crippen LogP contribution in [-0.2, 0) is 14.6 Å². The minimum atomic E-state index is -3.41. The average Bonchev–Trinajstić information content (AvgIpc) is 2.29. The number of nitrogens with one attached hydrogen (secondary N) is 1. The van der Waals surface area contributed by atoms with Crippen molar-refractivity contribution < 1.29 is 13.2 Å². The molecule has 0 radical (unpaired) electrons. The molecule has 106 valence electrons. The molecule has 0 aromatic carbocycles. The molecule has 0 spiro atoms. The first-order valence-corrected chi connectivity index (χ1v) is 8.32. The predicted octanol–water partition coefficient (Wildman–Crippen LogP) is 0.410. The van der Waals surface area contributed by atoms with Gasteiger partial charge in [0.15, 0.2) is 9.84 Å². The predicted molar refractivity (Wildman–Crippen MR) is 72.2 cm³/mol. The number of nitrogens with zero attached hydrogens (tertiary/aromatic N) is 1. The Hall–Kier alpha value is -0.620. The first-order valence-electron chi connectivity index (χ1n) is 6.43. The maximum absolute atomic E-state index is 12.5. The highest BCUT2D eigenvalue weighted by Crippen LogP contribution is 2.22. The van der Waals surface area contributed by atoms with Crippen molar-refractivity contribution in [2.24, 2.45) is 0 Å². The molecule has 1 unspecified atom stereocenters. The van der Waals surface area contributed by atoms with Crippen LogP contribution in [0.4, 0.5) is 0 Å². The van der Waals surface area contributed by atoms with Gasteiger partial charge in [-0.05, 0) is 40.2 Å². The fourth-order valence-corrected chi connectivity index (χ4v) is 2.61. The molecule has 5 nitrogen and oxygen atoms in total. The summed E-state index contributed by atoms with van der Waals surface area (Å²) < 4.78 is 22.1. The van der Waals surface area contributed by atoms with Gasteiger partial charge in [0, 0.05) is 25.4 Å². The van der Waals surface area contributed by atoms with Gasteiger partial charge in [-0.25, -0.2) is 8.42 Å². The molecule has 1 amide bonds. The number of hydrogen-bond acceptors (Lipinski definition) is 4. The standard InChI is InChI=1S/C12H24N2O3S/c1-5-14(10-7-6-8-13-9-10)11(15)12(2,3)18(4,16)17/h10,13H,5-9H2,1-4H3. The molecule has 0 aromatic rings. The Bertz CT molecular complexity index is 398. The minimum Gasteiger partial charge on any atom is -0.337 e. The van der Waals surface area contributed by atoms with Gasteiger partial charge in [-0.1, -0.05) is 0 Å². The van der Waals surface area contributed by atoms with Gasteiger partial charge >= 0.3 is 0 Å². The van der Waals surface area contributed by atoms with E-state index in [0.717, 1.165) is 32.2 Å². The lowest BCUT2D eigenvalue weighted by atomic mass is 10.0. The summed E-state index contributed by atoms with van der Waals surface area (Å²) in [5, 5.41) is 3.25. The van der Waals surface area contributed by atoms with Gasteiger partial charge in [0.1, 0.15) is 4.75 Å². The first-order chi connectivity index (χ1) is 8.21. The zero-order valence-corrected chi connectivity index (χ0v) is 12.5. The summed E-state index contributed by atoms with van der Waals surface area (Å²) in [6.07, 6.45) is 3.08. The lowest BCUT2D eigenvalue weighted by Crippen LogP contribution is -2.56. The van der Waals surface area contributed by atoms with Gasteiger partial charge in [-0.3, -0.25) is 4.79 Å². The second kappa shape index (κ2) is 5.57. The van der Waals surface area contributed by atoms with Crippen LogP contribution in [0.15, 0.2) is 0 Å². The SMILES string of the molecule is CCN(C(=O)C(C)(C)S(C)(=O)=O)C1CCCNC1. The van der Waals surface area contributed by atoms with Gasteiger partial charge in [0.25, 0.3) is 0 Å². The minimum absolute atomic E-state index is 0.109. The van der Waals surface area contributed by atoms with Gasteiger partial charge in [-0.15, -0.1) is 0 Å². The molecule has 6 heteroatoms. The van der Waals surface area contributed by atoms with Crippen molar-refractivity contribution in [1.82, 2.24) is 10.2 Å².